The lowest BCUT2D eigenvalue weighted by Crippen LogP contribution is -2.27. The van der Waals surface area contributed by atoms with Crippen molar-refractivity contribution in [3.63, 3.8) is 0 Å². The SMILES string of the molecule is CCCCCCCCNc1nc(Nc2ccc(C(=O)NCCOCCOCCN)cc2)nc(NC2CCCCC2)n1. The maximum Gasteiger partial charge on any atom is 0.251 e. The highest BCUT2D eigenvalue weighted by atomic mass is 16.5. The Hall–Kier alpha value is -3.02. The number of rotatable bonds is 21. The first-order chi connectivity index (χ1) is 20.2. The molecule has 1 fully saturated rings. The molecule has 0 unspecified atom stereocenters. The van der Waals surface area contributed by atoms with E-state index in [2.05, 4.69) is 43.1 Å². The highest BCUT2D eigenvalue weighted by Crippen LogP contribution is 2.22. The van der Waals surface area contributed by atoms with Gasteiger partial charge < -0.3 is 36.5 Å². The number of benzene rings is 1. The molecule has 2 aromatic rings. The van der Waals surface area contributed by atoms with E-state index in [4.69, 9.17) is 15.2 Å². The molecule has 1 aromatic heterocycles. The monoisotopic (exact) mass is 570 g/mol. The zero-order valence-electron chi connectivity index (χ0n) is 24.8. The number of carbonyl (C=O) groups is 1. The van der Waals surface area contributed by atoms with Crippen LogP contribution in [-0.2, 0) is 9.47 Å². The molecule has 1 heterocycles. The average molecular weight is 571 g/mol. The van der Waals surface area contributed by atoms with Gasteiger partial charge in [-0.3, -0.25) is 4.79 Å². The van der Waals surface area contributed by atoms with Crippen LogP contribution in [0.25, 0.3) is 0 Å². The summed E-state index contributed by atoms with van der Waals surface area (Å²) in [4.78, 5) is 26.4. The maximum absolute atomic E-state index is 12.5. The second-order valence-electron chi connectivity index (χ2n) is 10.5. The van der Waals surface area contributed by atoms with E-state index in [-0.39, 0.29) is 5.91 Å². The first-order valence-corrected chi connectivity index (χ1v) is 15.4. The van der Waals surface area contributed by atoms with E-state index in [9.17, 15) is 4.79 Å². The van der Waals surface area contributed by atoms with Crippen LogP contribution < -0.4 is 27.0 Å². The van der Waals surface area contributed by atoms with E-state index in [1.807, 2.05) is 12.1 Å². The number of hydrogen-bond acceptors (Lipinski definition) is 10. The van der Waals surface area contributed by atoms with Crippen LogP contribution >= 0.6 is 0 Å². The van der Waals surface area contributed by atoms with E-state index >= 15 is 0 Å². The van der Waals surface area contributed by atoms with Crippen LogP contribution in [0.15, 0.2) is 24.3 Å². The van der Waals surface area contributed by atoms with Crippen molar-refractivity contribution in [2.75, 3.05) is 62.0 Å². The second kappa shape index (κ2) is 20.0. The van der Waals surface area contributed by atoms with Gasteiger partial charge in [0.15, 0.2) is 0 Å². The summed E-state index contributed by atoms with van der Waals surface area (Å²) in [5.41, 5.74) is 6.73. The van der Waals surface area contributed by atoms with Gasteiger partial charge in [0.1, 0.15) is 0 Å². The number of nitrogens with one attached hydrogen (secondary N) is 4. The lowest BCUT2D eigenvalue weighted by molar-refractivity contribution is 0.0511. The molecule has 0 saturated heterocycles. The summed E-state index contributed by atoms with van der Waals surface area (Å²) >= 11 is 0. The summed E-state index contributed by atoms with van der Waals surface area (Å²) in [6.45, 7) is 5.90. The summed E-state index contributed by atoms with van der Waals surface area (Å²) in [5.74, 6) is 1.47. The molecule has 1 aliphatic carbocycles. The van der Waals surface area contributed by atoms with E-state index in [0.29, 0.717) is 69.0 Å². The lowest BCUT2D eigenvalue weighted by Gasteiger charge is -2.23. The number of nitrogens with zero attached hydrogens (tertiary/aromatic N) is 3. The van der Waals surface area contributed by atoms with Gasteiger partial charge in [0.2, 0.25) is 17.8 Å². The van der Waals surface area contributed by atoms with Gasteiger partial charge in [0.25, 0.3) is 5.91 Å². The molecule has 11 heteroatoms. The van der Waals surface area contributed by atoms with E-state index in [1.54, 1.807) is 12.1 Å². The number of amides is 1. The molecule has 41 heavy (non-hydrogen) atoms. The third kappa shape index (κ3) is 13.5. The molecule has 0 spiro atoms. The van der Waals surface area contributed by atoms with Crippen LogP contribution in [0.4, 0.5) is 23.5 Å². The molecule has 0 aliphatic heterocycles. The third-order valence-corrected chi connectivity index (χ3v) is 6.96. The van der Waals surface area contributed by atoms with Crippen molar-refractivity contribution in [3.8, 4) is 0 Å². The van der Waals surface area contributed by atoms with Gasteiger partial charge in [-0.05, 0) is 43.5 Å². The number of anilines is 4. The summed E-state index contributed by atoms with van der Waals surface area (Å²) in [5, 5.41) is 13.1. The summed E-state index contributed by atoms with van der Waals surface area (Å²) < 4.78 is 10.7. The minimum atomic E-state index is -0.153. The number of carbonyl (C=O) groups excluding carboxylic acids is 1. The lowest BCUT2D eigenvalue weighted by atomic mass is 9.96. The number of nitrogens with two attached hydrogens (primary N) is 1. The fraction of sp³-hybridized carbons (Fsp3) is 0.667. The molecular formula is C30H50N8O3. The van der Waals surface area contributed by atoms with Crippen molar-refractivity contribution in [2.45, 2.75) is 83.6 Å². The summed E-state index contributed by atoms with van der Waals surface area (Å²) in [7, 11) is 0. The standard InChI is InChI=1S/C30H50N8O3/c1-2-3-4-5-6-10-18-33-28-36-29(34-25-11-8-7-9-12-25)38-30(37-28)35-26-15-13-24(14-16-26)27(39)32-19-21-41-23-22-40-20-17-31/h13-16,25H,2-12,17-23,31H2,1H3,(H,32,39)(H3,33,34,35,36,37,38). The van der Waals surface area contributed by atoms with E-state index in [0.717, 1.165) is 31.5 Å². The van der Waals surface area contributed by atoms with Crippen LogP contribution in [0.1, 0.15) is 87.9 Å². The predicted molar refractivity (Wildman–Crippen MR) is 165 cm³/mol. The predicted octanol–water partition coefficient (Wildman–Crippen LogP) is 4.85. The molecule has 228 valence electrons. The van der Waals surface area contributed by atoms with Crippen molar-refractivity contribution >= 4 is 29.4 Å². The first kappa shape index (κ1) is 32.5. The Morgan fingerprint density at radius 3 is 2.27 bits per heavy atom. The van der Waals surface area contributed by atoms with Crippen molar-refractivity contribution in [1.82, 2.24) is 20.3 Å². The zero-order valence-corrected chi connectivity index (χ0v) is 24.8. The van der Waals surface area contributed by atoms with Crippen LogP contribution in [-0.4, -0.2) is 73.0 Å². The number of unbranched alkanes of at least 4 members (excludes halogenated alkanes) is 5. The van der Waals surface area contributed by atoms with Crippen molar-refractivity contribution in [1.29, 1.82) is 0 Å². The van der Waals surface area contributed by atoms with Gasteiger partial charge in [-0.2, -0.15) is 15.0 Å². The Kier molecular flexibility index (Phi) is 15.8. The Labute approximate surface area is 245 Å². The topological polar surface area (TPSA) is 148 Å². The van der Waals surface area contributed by atoms with Crippen LogP contribution in [0.5, 0.6) is 0 Å². The Morgan fingerprint density at radius 1 is 0.829 bits per heavy atom. The molecule has 6 N–H and O–H groups in total. The molecule has 0 radical (unpaired) electrons. The quantitative estimate of drug-likeness (QED) is 0.132. The van der Waals surface area contributed by atoms with Crippen molar-refractivity contribution in [3.05, 3.63) is 29.8 Å². The molecule has 0 atom stereocenters. The van der Waals surface area contributed by atoms with Gasteiger partial charge in [0, 0.05) is 36.9 Å². The third-order valence-electron chi connectivity index (χ3n) is 6.96. The van der Waals surface area contributed by atoms with Gasteiger partial charge in [-0.15, -0.1) is 0 Å². The molecular weight excluding hydrogens is 520 g/mol. The fourth-order valence-corrected chi connectivity index (χ4v) is 4.69. The smallest absolute Gasteiger partial charge is 0.251 e. The number of aromatic nitrogens is 3. The van der Waals surface area contributed by atoms with E-state index < -0.39 is 0 Å². The Balaban J connectivity index is 1.51. The second-order valence-corrected chi connectivity index (χ2v) is 10.5. The van der Waals surface area contributed by atoms with Gasteiger partial charge >= 0.3 is 0 Å². The molecule has 1 saturated carbocycles. The van der Waals surface area contributed by atoms with Gasteiger partial charge in [-0.25, -0.2) is 0 Å². The molecule has 11 nitrogen and oxygen atoms in total. The summed E-state index contributed by atoms with van der Waals surface area (Å²) in [6.07, 6.45) is 13.4. The van der Waals surface area contributed by atoms with Crippen LogP contribution in [0.3, 0.4) is 0 Å². The molecule has 1 amide bonds. The van der Waals surface area contributed by atoms with E-state index in [1.165, 1.54) is 51.4 Å². The zero-order chi connectivity index (χ0) is 29.0. The Morgan fingerprint density at radius 2 is 1.51 bits per heavy atom. The number of ether oxygens (including phenoxy) is 2. The molecule has 0 bridgehead atoms. The molecule has 1 aliphatic rings. The Bertz CT molecular complexity index is 986. The number of hydrogen-bond donors (Lipinski definition) is 5. The molecule has 1 aromatic carbocycles. The van der Waals surface area contributed by atoms with Crippen LogP contribution in [0.2, 0.25) is 0 Å². The minimum absolute atomic E-state index is 0.153. The fourth-order valence-electron chi connectivity index (χ4n) is 4.69. The first-order valence-electron chi connectivity index (χ1n) is 15.4. The van der Waals surface area contributed by atoms with Crippen molar-refractivity contribution < 1.29 is 14.3 Å². The van der Waals surface area contributed by atoms with Gasteiger partial charge in [0.05, 0.1) is 26.4 Å². The highest BCUT2D eigenvalue weighted by molar-refractivity contribution is 5.94. The van der Waals surface area contributed by atoms with Gasteiger partial charge in [-0.1, -0.05) is 58.3 Å². The maximum atomic E-state index is 12.5. The molecule has 3 rings (SSSR count). The van der Waals surface area contributed by atoms with Crippen molar-refractivity contribution in [2.24, 2.45) is 5.73 Å². The summed E-state index contributed by atoms with van der Waals surface area (Å²) in [6, 6.07) is 7.64. The van der Waals surface area contributed by atoms with Crippen LogP contribution in [0, 0.1) is 0 Å². The minimum Gasteiger partial charge on any atom is -0.378 e. The highest BCUT2D eigenvalue weighted by Gasteiger charge is 2.16. The normalized spacial score (nSPS) is 13.6. The average Bonchev–Trinajstić information content (AvgIpc) is 2.99. The largest absolute Gasteiger partial charge is 0.378 e.